The Morgan fingerprint density at radius 2 is 0.950 bits per heavy atom. The van der Waals surface area contributed by atoms with Crippen LogP contribution in [0.5, 0.6) is 0 Å². The van der Waals surface area contributed by atoms with E-state index < -0.39 is 29.8 Å². The molecule has 22 rings (SSSR count). The van der Waals surface area contributed by atoms with Crippen molar-refractivity contribution in [3.8, 4) is 0 Å². The molecule has 27 unspecified atom stereocenters. The maximum absolute atomic E-state index is 12.2. The third-order valence-electron chi connectivity index (χ3n) is 27.5. The highest BCUT2D eigenvalue weighted by molar-refractivity contribution is 7.92. The maximum Gasteiger partial charge on any atom is 0.312 e. The Kier molecular flexibility index (Phi) is 32.4. The lowest BCUT2D eigenvalue weighted by Crippen LogP contribution is -2.42. The summed E-state index contributed by atoms with van der Waals surface area (Å²) in [5.74, 6) is 20.2. The van der Waals surface area contributed by atoms with E-state index in [-0.39, 0.29) is 46.3 Å². The second-order valence-electron chi connectivity index (χ2n) is 31.2. The van der Waals surface area contributed by atoms with E-state index in [9.17, 15) is 49.2 Å². The van der Waals surface area contributed by atoms with E-state index in [1.165, 1.54) is 96.3 Å². The Morgan fingerprint density at radius 3 is 1.42 bits per heavy atom. The van der Waals surface area contributed by atoms with Crippen molar-refractivity contribution in [2.75, 3.05) is 56.0 Å². The quantitative estimate of drug-likeness (QED) is 0.0947. The van der Waals surface area contributed by atoms with Gasteiger partial charge < -0.3 is 23.7 Å². The minimum atomic E-state index is -3.05. The van der Waals surface area contributed by atoms with Crippen molar-refractivity contribution in [2.45, 2.75) is 276 Å². The summed E-state index contributed by atoms with van der Waals surface area (Å²) in [5.41, 5.74) is -0.00366. The van der Waals surface area contributed by atoms with Crippen molar-refractivity contribution in [1.29, 1.82) is 0 Å². The van der Waals surface area contributed by atoms with E-state index >= 15 is 0 Å². The fourth-order valence-electron chi connectivity index (χ4n) is 24.8. The zero-order valence-electron chi connectivity index (χ0n) is 65.5. The van der Waals surface area contributed by atoms with Crippen LogP contribution in [0.4, 0.5) is 0 Å². The number of cyclic esters (lactones) is 4. The number of carbonyl (C=O) groups is 5. The van der Waals surface area contributed by atoms with Crippen LogP contribution in [-0.2, 0) is 81.6 Å². The van der Waals surface area contributed by atoms with Gasteiger partial charge in [0.15, 0.2) is 9.84 Å². The molecule has 0 aromatic carbocycles. The molecular formula is C81H140O17S3. The van der Waals surface area contributed by atoms with Crippen LogP contribution in [0.3, 0.4) is 0 Å². The summed E-state index contributed by atoms with van der Waals surface area (Å²) in [7, 11) is -8.22. The lowest BCUT2D eigenvalue weighted by molar-refractivity contribution is -0.151. The SMILES string of the molecule is CC.CC.CC.CC.CC.CC.CC.CC.O=C1CCCO1.O=C1OC2CC3CC1C2C3.O=C1OCC2C3CC(C12)C1C2CCC(C2)C31.O=C1OCC2C3CCC(C3)C12.O=C1OCCC12CC1CC2C2C3CCC(C3)C12.O=S1(=O)CC2CC3CC2C1C3.O=S1(=O)CCCC1.O=S1(=O)CCCO1. The third-order valence-corrected chi connectivity index (χ3v) is 33.0. The predicted molar refractivity (Wildman–Crippen MR) is 397 cm³/mol. The Morgan fingerprint density at radius 1 is 0.396 bits per heavy atom. The average Bonchev–Trinajstić information content (AvgIpc) is 1.53. The Labute approximate surface area is 612 Å². The first-order valence-corrected chi connectivity index (χ1v) is 47.1. The summed E-state index contributed by atoms with van der Waals surface area (Å²) in [6.45, 7) is 35.2. The molecule has 20 heteroatoms. The minimum Gasteiger partial charge on any atom is -0.466 e. The number of hydrogen-bond donors (Lipinski definition) is 0. The molecule has 27 atom stereocenters. The van der Waals surface area contributed by atoms with Gasteiger partial charge in [0.05, 0.1) is 84.5 Å². The molecular weight excluding hydrogens is 1340 g/mol. The van der Waals surface area contributed by atoms with Crippen LogP contribution in [-0.4, -0.2) is 122 Å². The molecule has 0 N–H and O–H groups in total. The van der Waals surface area contributed by atoms with Gasteiger partial charge in [-0.3, -0.25) is 28.2 Å². The standard InChI is InChI=1S/C15H20O2.C14H18O2.C9H12O2.C8H12O2S.C8H10O2.C4H8O2S.C4H6O2.C3H6O3S.8C2H6/c16-14-15(3-4-17-14)7-10-6-11(15)13-9-2-1-8(5-9)12(10)13;15-14-13-9-4-8(10(13)5-16-14)11-6-1-2-7(3-6)12(9)11;10-9-8-6-2-1-5(3-6)7(8)4-11-9;9-11(10)4-6-1-5-2-7(6)8(11)3-5;9-8-6-2-4-1-5(6)7(3-4)10-8;5-7(6)3-1-2-4-7;5-4-2-1-3-6-4;4-7(5)3-1-2-6-7;8*1-2/h8-13H,1-7H2;6-13H,1-5H2;2*5-8H,1-4H2;4-7H,1-3H2;1-4H2;1-3H2;1-3H2;8*1-2H3. The third kappa shape index (κ3) is 17.8. The molecule has 8 saturated heterocycles. The lowest BCUT2D eigenvalue weighted by Gasteiger charge is -2.42. The van der Waals surface area contributed by atoms with Crippen LogP contribution in [0, 0.1) is 147 Å². The largest absolute Gasteiger partial charge is 0.466 e. The van der Waals surface area contributed by atoms with Crippen LogP contribution >= 0.6 is 0 Å². The Bertz CT molecular complexity index is 2930. The van der Waals surface area contributed by atoms with Crippen molar-refractivity contribution < 1.29 is 77.1 Å². The summed E-state index contributed by atoms with van der Waals surface area (Å²) >= 11 is 0. The molecule has 22 aliphatic rings. The summed E-state index contributed by atoms with van der Waals surface area (Å²) in [5, 5.41) is 0.0891. The van der Waals surface area contributed by atoms with Crippen molar-refractivity contribution in [3.05, 3.63) is 0 Å². The summed E-state index contributed by atoms with van der Waals surface area (Å²) in [4.78, 5) is 56.3. The molecule has 8 aliphatic heterocycles. The van der Waals surface area contributed by atoms with Crippen LogP contribution in [0.1, 0.15) is 265 Å². The molecule has 0 amide bonds. The maximum atomic E-state index is 12.2. The first kappa shape index (κ1) is 85.4. The molecule has 101 heavy (non-hydrogen) atoms. The Hall–Kier alpha value is -2.84. The molecule has 584 valence electrons. The fourth-order valence-corrected chi connectivity index (χ4v) is 29.9. The zero-order chi connectivity index (χ0) is 74.5. The second kappa shape index (κ2) is 38.3. The van der Waals surface area contributed by atoms with Crippen molar-refractivity contribution in [2.24, 2.45) is 147 Å². The normalized spacial score (nSPS) is 43.9. The number of hydrogen-bond acceptors (Lipinski definition) is 17. The van der Waals surface area contributed by atoms with Crippen molar-refractivity contribution in [1.82, 2.24) is 0 Å². The van der Waals surface area contributed by atoms with Gasteiger partial charge in [0, 0.05) is 24.2 Å². The van der Waals surface area contributed by atoms with Crippen LogP contribution < -0.4 is 0 Å². The van der Waals surface area contributed by atoms with Gasteiger partial charge in [0.1, 0.15) is 15.9 Å². The highest BCUT2D eigenvalue weighted by Crippen LogP contribution is 2.74. The zero-order valence-corrected chi connectivity index (χ0v) is 68.0. The topological polar surface area (TPSA) is 243 Å². The highest BCUT2D eigenvalue weighted by atomic mass is 32.2. The molecule has 17 nitrogen and oxygen atoms in total. The Balaban J connectivity index is 0.000000160. The highest BCUT2D eigenvalue weighted by Gasteiger charge is 2.71. The van der Waals surface area contributed by atoms with Gasteiger partial charge in [0.25, 0.3) is 10.1 Å². The number of esters is 5. The molecule has 22 fully saturated rings. The number of rotatable bonds is 0. The molecule has 0 aromatic heterocycles. The smallest absolute Gasteiger partial charge is 0.312 e. The predicted octanol–water partition coefficient (Wildman–Crippen LogP) is 16.2. The summed E-state index contributed by atoms with van der Waals surface area (Å²) in [6.07, 6.45) is 29.0. The van der Waals surface area contributed by atoms with E-state index in [1.54, 1.807) is 0 Å². The minimum absolute atomic E-state index is 0.00366. The summed E-state index contributed by atoms with van der Waals surface area (Å²) < 4.78 is 94.0. The number of ether oxygens (including phenoxy) is 5. The lowest BCUT2D eigenvalue weighted by atomic mass is 9.60. The van der Waals surface area contributed by atoms with E-state index in [1.807, 2.05) is 111 Å². The monoisotopic (exact) mass is 1480 g/mol. The first-order chi connectivity index (χ1) is 48.8. The second-order valence-corrected chi connectivity index (χ2v) is 37.5. The molecule has 14 aliphatic carbocycles. The molecule has 8 heterocycles. The van der Waals surface area contributed by atoms with Gasteiger partial charge in [-0.25, -0.2) is 16.8 Å². The molecule has 1 spiro atoms. The molecule has 14 bridgehead atoms. The number of fused-ring (bicyclic) bond motifs is 29. The van der Waals surface area contributed by atoms with Gasteiger partial charge in [-0.05, 0) is 254 Å². The van der Waals surface area contributed by atoms with E-state index in [0.29, 0.717) is 115 Å². The number of sulfone groups is 2. The van der Waals surface area contributed by atoms with Crippen molar-refractivity contribution in [3.63, 3.8) is 0 Å². The summed E-state index contributed by atoms with van der Waals surface area (Å²) in [6, 6.07) is 0. The molecule has 0 aromatic rings. The van der Waals surface area contributed by atoms with Crippen LogP contribution in [0.15, 0.2) is 0 Å². The van der Waals surface area contributed by atoms with E-state index in [4.69, 9.17) is 18.9 Å². The van der Waals surface area contributed by atoms with Crippen LogP contribution in [0.25, 0.3) is 0 Å². The van der Waals surface area contributed by atoms with Gasteiger partial charge in [0.2, 0.25) is 0 Å². The van der Waals surface area contributed by atoms with Crippen LogP contribution in [0.2, 0.25) is 0 Å². The van der Waals surface area contributed by atoms with Gasteiger partial charge in [-0.2, -0.15) is 8.42 Å². The average molecular weight is 1480 g/mol. The fraction of sp³-hybridized carbons (Fsp3) is 0.938. The molecule has 0 radical (unpaired) electrons. The van der Waals surface area contributed by atoms with Crippen molar-refractivity contribution >= 4 is 59.6 Å². The van der Waals surface area contributed by atoms with E-state index in [0.717, 1.165) is 141 Å². The number of carbonyl (C=O) groups excluding carboxylic acids is 5. The van der Waals surface area contributed by atoms with E-state index in [2.05, 4.69) is 8.92 Å². The van der Waals surface area contributed by atoms with Gasteiger partial charge in [-0.1, -0.05) is 111 Å². The van der Waals surface area contributed by atoms with Gasteiger partial charge >= 0.3 is 29.8 Å². The molecule has 14 saturated carbocycles. The first-order valence-electron chi connectivity index (χ1n) is 42.0. The van der Waals surface area contributed by atoms with Gasteiger partial charge in [-0.15, -0.1) is 0 Å².